The van der Waals surface area contributed by atoms with Crippen LogP contribution in [0.4, 0.5) is 8.78 Å². The van der Waals surface area contributed by atoms with Gasteiger partial charge < -0.3 is 9.84 Å². The largest absolute Gasteiger partial charge is 0.480 e. The lowest BCUT2D eigenvalue weighted by Crippen LogP contribution is -2.41. The standard InChI is InChI=1S/C13H14F2O4/c1-3-13(4-2,11(16)17)12(18)19-8-5-6-9(14)10(15)7-8/h5-7H,3-4H2,1-2H3,(H,16,17). The maximum Gasteiger partial charge on any atom is 0.328 e. The normalized spacial score (nSPS) is 11.2. The molecule has 0 aliphatic carbocycles. The second kappa shape index (κ2) is 5.77. The van der Waals surface area contributed by atoms with Crippen LogP contribution in [-0.2, 0) is 9.59 Å². The van der Waals surface area contributed by atoms with Gasteiger partial charge in [-0.1, -0.05) is 13.8 Å². The van der Waals surface area contributed by atoms with Crippen LogP contribution in [-0.4, -0.2) is 17.0 Å². The van der Waals surface area contributed by atoms with Gasteiger partial charge in [-0.15, -0.1) is 0 Å². The van der Waals surface area contributed by atoms with Crippen LogP contribution >= 0.6 is 0 Å². The number of hydrogen-bond donors (Lipinski definition) is 1. The van der Waals surface area contributed by atoms with Crippen molar-refractivity contribution in [1.82, 2.24) is 0 Å². The fourth-order valence-electron chi connectivity index (χ4n) is 1.67. The zero-order chi connectivity index (χ0) is 14.6. The number of rotatable bonds is 5. The Balaban J connectivity index is 3.00. The zero-order valence-electron chi connectivity index (χ0n) is 10.6. The molecule has 0 fully saturated rings. The van der Waals surface area contributed by atoms with Crippen LogP contribution in [0.1, 0.15) is 26.7 Å². The second-order valence-corrected chi connectivity index (χ2v) is 4.06. The average molecular weight is 272 g/mol. The molecule has 0 heterocycles. The first-order valence-electron chi connectivity index (χ1n) is 5.78. The molecular formula is C13H14F2O4. The van der Waals surface area contributed by atoms with Crippen LogP contribution in [0.5, 0.6) is 5.75 Å². The number of halogens is 2. The molecule has 0 saturated carbocycles. The van der Waals surface area contributed by atoms with Gasteiger partial charge in [0.15, 0.2) is 17.0 Å². The van der Waals surface area contributed by atoms with Crippen LogP contribution < -0.4 is 4.74 Å². The van der Waals surface area contributed by atoms with E-state index < -0.39 is 29.0 Å². The van der Waals surface area contributed by atoms with Crippen molar-refractivity contribution in [1.29, 1.82) is 0 Å². The minimum atomic E-state index is -1.68. The fraction of sp³-hybridized carbons (Fsp3) is 0.385. The highest BCUT2D eigenvalue weighted by Gasteiger charge is 2.44. The Morgan fingerprint density at radius 1 is 1.21 bits per heavy atom. The molecule has 19 heavy (non-hydrogen) atoms. The topological polar surface area (TPSA) is 63.6 Å². The molecule has 0 amide bonds. The van der Waals surface area contributed by atoms with Crippen LogP contribution in [0.2, 0.25) is 0 Å². The number of ether oxygens (including phenoxy) is 1. The van der Waals surface area contributed by atoms with Gasteiger partial charge in [-0.2, -0.15) is 0 Å². The van der Waals surface area contributed by atoms with Gasteiger partial charge in [0.25, 0.3) is 0 Å². The Labute approximate surface area is 109 Å². The van der Waals surface area contributed by atoms with E-state index in [-0.39, 0.29) is 18.6 Å². The molecule has 0 aromatic heterocycles. The third-order valence-corrected chi connectivity index (χ3v) is 3.11. The van der Waals surface area contributed by atoms with Crippen LogP contribution in [0.25, 0.3) is 0 Å². The molecule has 0 saturated heterocycles. The highest BCUT2D eigenvalue weighted by molar-refractivity contribution is 5.99. The third kappa shape index (κ3) is 2.89. The number of aliphatic carboxylic acids is 1. The summed E-state index contributed by atoms with van der Waals surface area (Å²) in [6.45, 7) is 3.09. The van der Waals surface area contributed by atoms with Crippen LogP contribution in [0.3, 0.4) is 0 Å². The Kier molecular flexibility index (Phi) is 4.58. The summed E-state index contributed by atoms with van der Waals surface area (Å²) in [5, 5.41) is 9.14. The Bertz CT molecular complexity index is 495. The van der Waals surface area contributed by atoms with E-state index in [2.05, 4.69) is 0 Å². The van der Waals surface area contributed by atoms with E-state index >= 15 is 0 Å². The van der Waals surface area contributed by atoms with Crippen molar-refractivity contribution in [3.63, 3.8) is 0 Å². The van der Waals surface area contributed by atoms with Crippen LogP contribution in [0.15, 0.2) is 18.2 Å². The Morgan fingerprint density at radius 2 is 1.79 bits per heavy atom. The highest BCUT2D eigenvalue weighted by Crippen LogP contribution is 2.29. The van der Waals surface area contributed by atoms with E-state index in [4.69, 9.17) is 9.84 Å². The van der Waals surface area contributed by atoms with Crippen molar-refractivity contribution >= 4 is 11.9 Å². The summed E-state index contributed by atoms with van der Waals surface area (Å²) >= 11 is 0. The Morgan fingerprint density at radius 3 is 2.21 bits per heavy atom. The predicted molar refractivity (Wildman–Crippen MR) is 62.6 cm³/mol. The van der Waals surface area contributed by atoms with Gasteiger partial charge in [-0.3, -0.25) is 9.59 Å². The van der Waals surface area contributed by atoms with E-state index in [1.165, 1.54) is 0 Å². The number of carbonyl (C=O) groups excluding carboxylic acids is 1. The number of carboxylic acids is 1. The molecule has 0 radical (unpaired) electrons. The monoisotopic (exact) mass is 272 g/mol. The molecular weight excluding hydrogens is 258 g/mol. The number of carbonyl (C=O) groups is 2. The van der Waals surface area contributed by atoms with E-state index in [0.29, 0.717) is 6.07 Å². The average Bonchev–Trinajstić information content (AvgIpc) is 2.35. The van der Waals surface area contributed by atoms with Gasteiger partial charge in [0.1, 0.15) is 5.75 Å². The van der Waals surface area contributed by atoms with Crippen molar-refractivity contribution in [3.05, 3.63) is 29.8 Å². The molecule has 0 atom stereocenters. The van der Waals surface area contributed by atoms with Crippen molar-refractivity contribution in [2.45, 2.75) is 26.7 Å². The van der Waals surface area contributed by atoms with Crippen molar-refractivity contribution in [2.24, 2.45) is 5.41 Å². The quantitative estimate of drug-likeness (QED) is 0.508. The minimum absolute atomic E-state index is 0.0430. The van der Waals surface area contributed by atoms with Crippen LogP contribution in [0, 0.1) is 17.0 Å². The molecule has 0 spiro atoms. The summed E-state index contributed by atoms with van der Waals surface area (Å²) in [6.07, 6.45) is 0.0860. The van der Waals surface area contributed by atoms with Gasteiger partial charge in [0.2, 0.25) is 0 Å². The third-order valence-electron chi connectivity index (χ3n) is 3.11. The zero-order valence-corrected chi connectivity index (χ0v) is 10.6. The van der Waals surface area contributed by atoms with Gasteiger partial charge in [-0.25, -0.2) is 8.78 Å². The molecule has 1 aromatic carbocycles. The molecule has 0 unspecified atom stereocenters. The van der Waals surface area contributed by atoms with E-state index in [1.807, 2.05) is 0 Å². The number of hydrogen-bond acceptors (Lipinski definition) is 3. The summed E-state index contributed by atoms with van der Waals surface area (Å²) in [4.78, 5) is 23.1. The first-order valence-corrected chi connectivity index (χ1v) is 5.78. The molecule has 4 nitrogen and oxygen atoms in total. The number of benzene rings is 1. The lowest BCUT2D eigenvalue weighted by Gasteiger charge is -2.23. The summed E-state index contributed by atoms with van der Waals surface area (Å²) in [5.41, 5.74) is -1.68. The summed E-state index contributed by atoms with van der Waals surface area (Å²) in [6, 6.07) is 2.57. The molecule has 1 rings (SSSR count). The SMILES string of the molecule is CCC(CC)(C(=O)O)C(=O)Oc1ccc(F)c(F)c1. The van der Waals surface area contributed by atoms with Gasteiger partial charge in [-0.05, 0) is 25.0 Å². The second-order valence-electron chi connectivity index (χ2n) is 4.06. The lowest BCUT2D eigenvalue weighted by molar-refractivity contribution is -0.163. The molecule has 1 aromatic rings. The van der Waals surface area contributed by atoms with Gasteiger partial charge >= 0.3 is 11.9 Å². The molecule has 0 aliphatic rings. The molecule has 104 valence electrons. The maximum atomic E-state index is 13.0. The van der Waals surface area contributed by atoms with Gasteiger partial charge in [0, 0.05) is 6.07 Å². The Hall–Kier alpha value is -1.98. The predicted octanol–water partition coefficient (Wildman–Crippen LogP) is 2.76. The molecule has 6 heteroatoms. The first kappa shape index (κ1) is 15.1. The molecule has 0 aliphatic heterocycles. The summed E-state index contributed by atoms with van der Waals surface area (Å²) in [5.74, 6) is -4.76. The number of carboxylic acid groups (broad SMARTS) is 1. The highest BCUT2D eigenvalue weighted by atomic mass is 19.2. The lowest BCUT2D eigenvalue weighted by atomic mass is 9.82. The van der Waals surface area contributed by atoms with Crippen molar-refractivity contribution in [3.8, 4) is 5.75 Å². The minimum Gasteiger partial charge on any atom is -0.480 e. The maximum absolute atomic E-state index is 13.0. The van der Waals surface area contributed by atoms with Crippen molar-refractivity contribution < 1.29 is 28.2 Å². The first-order chi connectivity index (χ1) is 8.87. The van der Waals surface area contributed by atoms with E-state index in [9.17, 15) is 18.4 Å². The summed E-state index contributed by atoms with van der Waals surface area (Å²) in [7, 11) is 0. The molecule has 0 bridgehead atoms. The fourth-order valence-corrected chi connectivity index (χ4v) is 1.67. The van der Waals surface area contributed by atoms with Crippen molar-refractivity contribution in [2.75, 3.05) is 0 Å². The number of esters is 1. The van der Waals surface area contributed by atoms with E-state index in [1.54, 1.807) is 13.8 Å². The smallest absolute Gasteiger partial charge is 0.328 e. The van der Waals surface area contributed by atoms with Gasteiger partial charge in [0.05, 0.1) is 0 Å². The summed E-state index contributed by atoms with van der Waals surface area (Å²) < 4.78 is 30.5. The van der Waals surface area contributed by atoms with E-state index in [0.717, 1.165) is 12.1 Å². The molecule has 1 N–H and O–H groups in total.